The molecule has 3 amide bonds. The zero-order valence-electron chi connectivity index (χ0n) is 17.0. The zero-order valence-corrected chi connectivity index (χ0v) is 17.0. The van der Waals surface area contributed by atoms with Gasteiger partial charge >= 0.3 is 0 Å². The fourth-order valence-electron chi connectivity index (χ4n) is 2.95. The smallest absolute Gasteiger partial charge is 0.277 e. The lowest BCUT2D eigenvalue weighted by Gasteiger charge is -2.15. The Morgan fingerprint density at radius 1 is 1.06 bits per heavy atom. The minimum absolute atomic E-state index is 0.0431. The number of β-amino-alcohol motifs (C(OH)–C–C–N with tert-alkyl or cyclic N) is 1. The minimum Gasteiger partial charge on any atom is -0.497 e. The summed E-state index contributed by atoms with van der Waals surface area (Å²) < 4.78 is 10.7. The van der Waals surface area contributed by atoms with Crippen molar-refractivity contribution in [2.24, 2.45) is 0 Å². The fourth-order valence-corrected chi connectivity index (χ4v) is 2.95. The quantitative estimate of drug-likeness (QED) is 0.386. The van der Waals surface area contributed by atoms with Crippen molar-refractivity contribution in [3.63, 3.8) is 0 Å². The molecule has 0 aliphatic carbocycles. The van der Waals surface area contributed by atoms with Crippen molar-refractivity contribution < 1.29 is 29.0 Å². The van der Waals surface area contributed by atoms with E-state index in [0.29, 0.717) is 17.0 Å². The van der Waals surface area contributed by atoms with Gasteiger partial charge in [0.05, 0.1) is 38.1 Å². The molecule has 0 unspecified atom stereocenters. The van der Waals surface area contributed by atoms with Crippen LogP contribution < -0.4 is 20.1 Å². The number of aliphatic hydroxyl groups excluding tert-OH is 1. The highest BCUT2D eigenvalue weighted by atomic mass is 16.5. The molecule has 1 aliphatic rings. The standard InChI is InChI=1S/C22H23N3O6/c1-30-15-6-8-16(9-7-15)31-13-10-23-21(28)17-4-2-3-5-18(17)24-19-14-20(27)25(11-12-26)22(19)29/h2-9,14,24,26H,10-13H2,1H3,(H,23,28). The van der Waals surface area contributed by atoms with Crippen LogP contribution in [0.15, 0.2) is 60.3 Å². The molecular formula is C22H23N3O6. The summed E-state index contributed by atoms with van der Waals surface area (Å²) in [6.07, 6.45) is 1.15. The molecule has 0 radical (unpaired) electrons. The Morgan fingerprint density at radius 2 is 1.77 bits per heavy atom. The van der Waals surface area contributed by atoms with E-state index >= 15 is 0 Å². The molecule has 0 saturated heterocycles. The van der Waals surface area contributed by atoms with Crippen molar-refractivity contribution in [2.45, 2.75) is 0 Å². The molecule has 162 valence electrons. The monoisotopic (exact) mass is 425 g/mol. The zero-order chi connectivity index (χ0) is 22.2. The van der Waals surface area contributed by atoms with E-state index in [1.54, 1.807) is 55.6 Å². The van der Waals surface area contributed by atoms with Gasteiger partial charge in [0, 0.05) is 6.08 Å². The van der Waals surface area contributed by atoms with Gasteiger partial charge in [0.15, 0.2) is 0 Å². The molecule has 0 saturated carbocycles. The SMILES string of the molecule is COc1ccc(OCCNC(=O)c2ccccc2NC2=CC(=O)N(CCO)C2=O)cc1. The third-order valence-corrected chi connectivity index (χ3v) is 4.49. The van der Waals surface area contributed by atoms with Crippen LogP contribution in [0.4, 0.5) is 5.69 Å². The number of benzene rings is 2. The Bertz CT molecular complexity index is 987. The Labute approximate surface area is 179 Å². The van der Waals surface area contributed by atoms with Gasteiger partial charge in [-0.2, -0.15) is 0 Å². The van der Waals surface area contributed by atoms with Gasteiger partial charge in [0.25, 0.3) is 17.7 Å². The van der Waals surface area contributed by atoms with Crippen LogP contribution in [0.3, 0.4) is 0 Å². The second-order valence-corrected chi connectivity index (χ2v) is 6.53. The second-order valence-electron chi connectivity index (χ2n) is 6.53. The molecule has 2 aromatic rings. The number of para-hydroxylation sites is 1. The molecule has 0 aromatic heterocycles. The molecule has 9 heteroatoms. The fraction of sp³-hybridized carbons (Fsp3) is 0.227. The molecular weight excluding hydrogens is 402 g/mol. The first kappa shape index (κ1) is 21.8. The van der Waals surface area contributed by atoms with E-state index in [1.165, 1.54) is 0 Å². The molecule has 0 bridgehead atoms. The number of hydrogen-bond donors (Lipinski definition) is 3. The summed E-state index contributed by atoms with van der Waals surface area (Å²) in [7, 11) is 1.58. The number of aliphatic hydroxyl groups is 1. The number of anilines is 1. The molecule has 0 spiro atoms. The predicted octanol–water partition coefficient (Wildman–Crippen LogP) is 1.16. The molecule has 1 heterocycles. The lowest BCUT2D eigenvalue weighted by atomic mass is 10.1. The average Bonchev–Trinajstić information content (AvgIpc) is 3.05. The summed E-state index contributed by atoms with van der Waals surface area (Å²) >= 11 is 0. The van der Waals surface area contributed by atoms with Gasteiger partial charge in [-0.15, -0.1) is 0 Å². The van der Waals surface area contributed by atoms with Crippen molar-refractivity contribution in [3.8, 4) is 11.5 Å². The molecule has 31 heavy (non-hydrogen) atoms. The summed E-state index contributed by atoms with van der Waals surface area (Å²) in [6.45, 7) is 0.122. The maximum atomic E-state index is 12.6. The van der Waals surface area contributed by atoms with E-state index in [9.17, 15) is 14.4 Å². The number of carbonyl (C=O) groups excluding carboxylic acids is 3. The predicted molar refractivity (Wildman–Crippen MR) is 113 cm³/mol. The lowest BCUT2D eigenvalue weighted by Crippen LogP contribution is -2.34. The first-order valence-corrected chi connectivity index (χ1v) is 9.63. The van der Waals surface area contributed by atoms with Crippen LogP contribution in [0.1, 0.15) is 10.4 Å². The molecule has 2 aromatic carbocycles. The van der Waals surface area contributed by atoms with Gasteiger partial charge in [-0.25, -0.2) is 0 Å². The maximum absolute atomic E-state index is 12.6. The number of amides is 3. The topological polar surface area (TPSA) is 117 Å². The highest BCUT2D eigenvalue weighted by Gasteiger charge is 2.31. The Morgan fingerprint density at radius 3 is 2.48 bits per heavy atom. The van der Waals surface area contributed by atoms with Gasteiger partial charge in [-0.3, -0.25) is 19.3 Å². The average molecular weight is 425 g/mol. The minimum atomic E-state index is -0.554. The lowest BCUT2D eigenvalue weighted by molar-refractivity contribution is -0.137. The largest absolute Gasteiger partial charge is 0.497 e. The highest BCUT2D eigenvalue weighted by molar-refractivity contribution is 6.17. The van der Waals surface area contributed by atoms with Crippen LogP contribution in [0.25, 0.3) is 0 Å². The van der Waals surface area contributed by atoms with Gasteiger partial charge in [0.1, 0.15) is 23.8 Å². The Balaban J connectivity index is 1.57. The number of carbonyl (C=O) groups is 3. The van der Waals surface area contributed by atoms with E-state index < -0.39 is 11.8 Å². The van der Waals surface area contributed by atoms with Crippen molar-refractivity contribution in [1.82, 2.24) is 10.2 Å². The summed E-state index contributed by atoms with van der Waals surface area (Å²) in [5, 5.41) is 14.6. The number of nitrogens with one attached hydrogen (secondary N) is 2. The molecule has 0 fully saturated rings. The van der Waals surface area contributed by atoms with Gasteiger partial charge in [-0.05, 0) is 36.4 Å². The van der Waals surface area contributed by atoms with E-state index in [2.05, 4.69) is 10.6 Å². The number of imide groups is 1. The maximum Gasteiger partial charge on any atom is 0.277 e. The molecule has 3 N–H and O–H groups in total. The van der Waals surface area contributed by atoms with E-state index in [1.807, 2.05) is 0 Å². The summed E-state index contributed by atoms with van der Waals surface area (Å²) in [5.74, 6) is -0.0463. The third-order valence-electron chi connectivity index (χ3n) is 4.49. The number of methoxy groups -OCH3 is 1. The Kier molecular flexibility index (Phi) is 7.23. The number of rotatable bonds is 10. The van der Waals surface area contributed by atoms with Crippen LogP contribution >= 0.6 is 0 Å². The first-order chi connectivity index (χ1) is 15.0. The summed E-state index contributed by atoms with van der Waals surface area (Å²) in [4.78, 5) is 37.8. The molecule has 0 atom stereocenters. The molecule has 1 aliphatic heterocycles. The van der Waals surface area contributed by atoms with Crippen LogP contribution in [0, 0.1) is 0 Å². The Hall–Kier alpha value is -3.85. The van der Waals surface area contributed by atoms with E-state index in [4.69, 9.17) is 14.6 Å². The van der Waals surface area contributed by atoms with Crippen molar-refractivity contribution >= 4 is 23.4 Å². The van der Waals surface area contributed by atoms with Gasteiger partial charge in [0.2, 0.25) is 0 Å². The number of nitrogens with zero attached hydrogens (tertiary/aromatic N) is 1. The molecule has 3 rings (SSSR count). The van der Waals surface area contributed by atoms with Crippen molar-refractivity contribution in [2.75, 3.05) is 38.7 Å². The third kappa shape index (κ3) is 5.40. The number of ether oxygens (including phenoxy) is 2. The van der Waals surface area contributed by atoms with Crippen molar-refractivity contribution in [3.05, 3.63) is 65.9 Å². The number of hydrogen-bond acceptors (Lipinski definition) is 7. The first-order valence-electron chi connectivity index (χ1n) is 9.63. The second kappa shape index (κ2) is 10.3. The van der Waals surface area contributed by atoms with Crippen LogP contribution in [-0.4, -0.2) is 61.1 Å². The molecule has 9 nitrogen and oxygen atoms in total. The van der Waals surface area contributed by atoms with Crippen molar-refractivity contribution in [1.29, 1.82) is 0 Å². The van der Waals surface area contributed by atoms with E-state index in [-0.39, 0.29) is 37.9 Å². The van der Waals surface area contributed by atoms with Gasteiger partial charge in [-0.1, -0.05) is 12.1 Å². The summed E-state index contributed by atoms with van der Waals surface area (Å²) in [5.41, 5.74) is 0.740. The van der Waals surface area contributed by atoms with Crippen LogP contribution in [0.5, 0.6) is 11.5 Å². The highest BCUT2D eigenvalue weighted by Crippen LogP contribution is 2.21. The van der Waals surface area contributed by atoms with E-state index in [0.717, 1.165) is 16.7 Å². The van der Waals surface area contributed by atoms with Crippen LogP contribution in [-0.2, 0) is 9.59 Å². The van der Waals surface area contributed by atoms with Gasteiger partial charge < -0.3 is 25.2 Å². The summed E-state index contributed by atoms with van der Waals surface area (Å²) in [6, 6.07) is 13.7. The van der Waals surface area contributed by atoms with Crippen LogP contribution in [0.2, 0.25) is 0 Å². The normalized spacial score (nSPS) is 13.1.